The lowest BCUT2D eigenvalue weighted by atomic mass is 9.88. The van der Waals surface area contributed by atoms with Crippen molar-refractivity contribution in [2.45, 2.75) is 37.4 Å². The molecule has 3 unspecified atom stereocenters. The van der Waals surface area contributed by atoms with E-state index in [4.69, 9.17) is 17.0 Å². The summed E-state index contributed by atoms with van der Waals surface area (Å²) in [5, 5.41) is 4.21. The second kappa shape index (κ2) is 4.49. The molecule has 2 aliphatic heterocycles. The Labute approximate surface area is 122 Å². The van der Waals surface area contributed by atoms with Crippen LogP contribution in [0.3, 0.4) is 0 Å². The first-order valence-electron chi connectivity index (χ1n) is 6.95. The number of H-pyrrole nitrogens is 1. The highest BCUT2D eigenvalue weighted by atomic mass is 32.1. The lowest BCUT2D eigenvalue weighted by Crippen LogP contribution is -2.17. The van der Waals surface area contributed by atoms with Crippen LogP contribution >= 0.6 is 12.2 Å². The summed E-state index contributed by atoms with van der Waals surface area (Å²) in [6, 6.07) is 1.89. The normalized spacial score (nSPS) is 28.1. The molecule has 0 radical (unpaired) electrons. The molecular formula is C14H16N4OS. The third-order valence-electron chi connectivity index (χ3n) is 4.23. The van der Waals surface area contributed by atoms with Crippen molar-refractivity contribution >= 4 is 12.2 Å². The van der Waals surface area contributed by atoms with E-state index in [0.29, 0.717) is 22.8 Å². The molecule has 0 amide bonds. The third kappa shape index (κ3) is 1.99. The van der Waals surface area contributed by atoms with Crippen LogP contribution in [0.2, 0.25) is 0 Å². The van der Waals surface area contributed by atoms with Crippen LogP contribution in [-0.2, 0) is 11.8 Å². The van der Waals surface area contributed by atoms with E-state index in [9.17, 15) is 0 Å². The van der Waals surface area contributed by atoms with Gasteiger partial charge in [-0.25, -0.2) is 4.98 Å². The van der Waals surface area contributed by atoms with Gasteiger partial charge in [0.2, 0.25) is 0 Å². The number of ether oxygens (including phenoxy) is 1. The number of hydrogen-bond acceptors (Lipinski definition) is 4. The van der Waals surface area contributed by atoms with E-state index in [1.54, 1.807) is 4.68 Å². The maximum Gasteiger partial charge on any atom is 0.130 e. The molecule has 0 aromatic carbocycles. The maximum absolute atomic E-state index is 5.92. The summed E-state index contributed by atoms with van der Waals surface area (Å²) in [6.45, 7) is 0. The molecule has 5 nitrogen and oxygen atoms in total. The molecule has 6 heteroatoms. The van der Waals surface area contributed by atoms with Gasteiger partial charge in [-0.05, 0) is 25.3 Å². The van der Waals surface area contributed by atoms with Gasteiger partial charge in [0.15, 0.2) is 0 Å². The van der Waals surface area contributed by atoms with Crippen molar-refractivity contribution in [1.82, 2.24) is 19.7 Å². The highest BCUT2D eigenvalue weighted by molar-refractivity contribution is 7.71. The Kier molecular flexibility index (Phi) is 2.75. The van der Waals surface area contributed by atoms with Gasteiger partial charge in [0.25, 0.3) is 0 Å². The van der Waals surface area contributed by atoms with E-state index >= 15 is 0 Å². The first kappa shape index (κ1) is 12.2. The second-order valence-electron chi connectivity index (χ2n) is 5.64. The Morgan fingerprint density at radius 3 is 3.00 bits per heavy atom. The summed E-state index contributed by atoms with van der Waals surface area (Å²) in [6.07, 6.45) is 7.90. The minimum atomic E-state index is 0.308. The van der Waals surface area contributed by atoms with E-state index in [1.165, 1.54) is 6.42 Å². The fraction of sp³-hybridized carbons (Fsp3) is 0.500. The Balaban J connectivity index is 1.74. The van der Waals surface area contributed by atoms with E-state index in [2.05, 4.69) is 15.1 Å². The number of rotatable bonds is 2. The van der Waals surface area contributed by atoms with Crippen LogP contribution in [0, 0.1) is 4.64 Å². The maximum atomic E-state index is 5.92. The van der Waals surface area contributed by atoms with E-state index in [0.717, 1.165) is 29.9 Å². The zero-order chi connectivity index (χ0) is 13.7. The fourth-order valence-electron chi connectivity index (χ4n) is 3.29. The average Bonchev–Trinajstić information content (AvgIpc) is 3.13. The van der Waals surface area contributed by atoms with Crippen LogP contribution in [-0.4, -0.2) is 32.0 Å². The van der Waals surface area contributed by atoms with Crippen LogP contribution in [0.1, 0.15) is 31.0 Å². The molecule has 1 N–H and O–H groups in total. The molecule has 2 aromatic heterocycles. The van der Waals surface area contributed by atoms with Gasteiger partial charge in [-0.2, -0.15) is 5.10 Å². The van der Waals surface area contributed by atoms with E-state index < -0.39 is 0 Å². The topological polar surface area (TPSA) is 55.7 Å². The predicted molar refractivity (Wildman–Crippen MR) is 76.9 cm³/mol. The number of hydrogen-bond donors (Lipinski definition) is 1. The Morgan fingerprint density at radius 2 is 2.35 bits per heavy atom. The Morgan fingerprint density at radius 1 is 1.45 bits per heavy atom. The monoisotopic (exact) mass is 288 g/mol. The first-order valence-corrected chi connectivity index (χ1v) is 7.35. The largest absolute Gasteiger partial charge is 0.374 e. The van der Waals surface area contributed by atoms with Crippen molar-refractivity contribution in [2.24, 2.45) is 7.05 Å². The smallest absolute Gasteiger partial charge is 0.130 e. The quantitative estimate of drug-likeness (QED) is 0.863. The van der Waals surface area contributed by atoms with Gasteiger partial charge in [0.1, 0.15) is 10.5 Å². The molecule has 4 heterocycles. The van der Waals surface area contributed by atoms with Crippen molar-refractivity contribution in [3.05, 3.63) is 28.9 Å². The van der Waals surface area contributed by atoms with Crippen molar-refractivity contribution in [3.63, 3.8) is 0 Å². The number of nitrogens with one attached hydrogen (secondary N) is 1. The van der Waals surface area contributed by atoms with Crippen LogP contribution in [0.25, 0.3) is 11.3 Å². The molecule has 2 aliphatic rings. The van der Waals surface area contributed by atoms with Crippen LogP contribution in [0.5, 0.6) is 0 Å². The summed E-state index contributed by atoms with van der Waals surface area (Å²) < 4.78 is 8.33. The highest BCUT2D eigenvalue weighted by Gasteiger charge is 2.42. The zero-order valence-corrected chi connectivity index (χ0v) is 12.1. The highest BCUT2D eigenvalue weighted by Crippen LogP contribution is 2.43. The number of aromatic nitrogens is 4. The Hall–Kier alpha value is -1.53. The minimum absolute atomic E-state index is 0.308. The van der Waals surface area contributed by atoms with Gasteiger partial charge >= 0.3 is 0 Å². The molecule has 2 fully saturated rings. The fourth-order valence-corrected chi connectivity index (χ4v) is 3.51. The summed E-state index contributed by atoms with van der Waals surface area (Å²) in [5.74, 6) is 1.32. The van der Waals surface area contributed by atoms with E-state index in [-0.39, 0.29) is 0 Å². The summed E-state index contributed by atoms with van der Waals surface area (Å²) >= 11 is 5.32. The third-order valence-corrected chi connectivity index (χ3v) is 4.44. The van der Waals surface area contributed by atoms with Crippen LogP contribution in [0.4, 0.5) is 0 Å². The number of aromatic amines is 1. The zero-order valence-electron chi connectivity index (χ0n) is 11.2. The molecule has 20 heavy (non-hydrogen) atoms. The van der Waals surface area contributed by atoms with Gasteiger partial charge < -0.3 is 9.72 Å². The lowest BCUT2D eigenvalue weighted by Gasteiger charge is -2.18. The van der Waals surface area contributed by atoms with Crippen molar-refractivity contribution < 1.29 is 4.74 Å². The lowest BCUT2D eigenvalue weighted by molar-refractivity contribution is 0.0999. The van der Waals surface area contributed by atoms with Crippen molar-refractivity contribution in [2.75, 3.05) is 0 Å². The first-order chi connectivity index (χ1) is 9.69. The van der Waals surface area contributed by atoms with Gasteiger partial charge in [0, 0.05) is 24.7 Å². The SMILES string of the molecule is Cn1cc(-c2cc(=S)nc(C3CC4CCC3O4)[nH]2)cn1. The molecule has 2 saturated heterocycles. The molecule has 2 bridgehead atoms. The van der Waals surface area contributed by atoms with Crippen LogP contribution < -0.4 is 0 Å². The van der Waals surface area contributed by atoms with E-state index in [1.807, 2.05) is 25.5 Å². The van der Waals surface area contributed by atoms with Gasteiger partial charge in [0.05, 0.1) is 24.1 Å². The summed E-state index contributed by atoms with van der Waals surface area (Å²) in [4.78, 5) is 7.95. The molecule has 3 atom stereocenters. The summed E-state index contributed by atoms with van der Waals surface area (Å²) in [7, 11) is 1.91. The molecule has 4 rings (SSSR count). The summed E-state index contributed by atoms with van der Waals surface area (Å²) in [5.41, 5.74) is 2.02. The van der Waals surface area contributed by atoms with Crippen molar-refractivity contribution in [3.8, 4) is 11.3 Å². The van der Waals surface area contributed by atoms with Crippen LogP contribution in [0.15, 0.2) is 18.5 Å². The molecule has 0 saturated carbocycles. The second-order valence-corrected chi connectivity index (χ2v) is 6.06. The average molecular weight is 288 g/mol. The van der Waals surface area contributed by atoms with Gasteiger partial charge in [-0.3, -0.25) is 4.68 Å². The van der Waals surface area contributed by atoms with Gasteiger partial charge in [-0.1, -0.05) is 12.2 Å². The number of nitrogens with zero attached hydrogens (tertiary/aromatic N) is 3. The standard InChI is InChI=1S/C14H16N4OS/c1-18-7-8(6-15-18)11-5-13(20)17-14(16-11)10-4-9-2-3-12(10)19-9/h5-7,9-10,12H,2-4H2,1H3,(H,16,17,20). The molecular weight excluding hydrogens is 272 g/mol. The van der Waals surface area contributed by atoms with Gasteiger partial charge in [-0.15, -0.1) is 0 Å². The molecule has 0 aliphatic carbocycles. The predicted octanol–water partition coefficient (Wildman–Crippen LogP) is 2.57. The molecule has 104 valence electrons. The van der Waals surface area contributed by atoms with Crippen molar-refractivity contribution in [1.29, 1.82) is 0 Å². The Bertz CT molecular complexity index is 707. The number of fused-ring (bicyclic) bond motifs is 2. The minimum Gasteiger partial charge on any atom is -0.374 e. The molecule has 2 aromatic rings. The molecule has 0 spiro atoms. The number of aryl methyl sites for hydroxylation is 1.